The van der Waals surface area contributed by atoms with Gasteiger partial charge in [0.15, 0.2) is 0 Å². The Hall–Kier alpha value is -2.93. The average Bonchev–Trinajstić information content (AvgIpc) is 2.69. The minimum absolute atomic E-state index is 0.0209. The number of hydrogen-bond donors (Lipinski definition) is 2. The van der Waals surface area contributed by atoms with Gasteiger partial charge in [0.2, 0.25) is 0 Å². The highest BCUT2D eigenvalue weighted by atomic mass is 16.6. The summed E-state index contributed by atoms with van der Waals surface area (Å²) in [6, 6.07) is 14.0. The Kier molecular flexibility index (Phi) is 7.76. The molecule has 2 rings (SSSR count). The molecule has 2 aromatic rings. The summed E-state index contributed by atoms with van der Waals surface area (Å²) in [4.78, 5) is 25.1. The summed E-state index contributed by atoms with van der Waals surface area (Å²) in [5, 5.41) is 16.8. The standard InChI is InChI=1S/C20H26N4O3/c1-3-23(4-2)15-16-9-11-17(12-10-16)20(25)22-14-13-21-18-7-5-6-8-19(18)24(26)27/h5-12,21H,3-4,13-15H2,1-2H3,(H,22,25). The first-order valence-corrected chi connectivity index (χ1v) is 9.12. The number of nitrogens with one attached hydrogen (secondary N) is 2. The number of nitro groups is 1. The van der Waals surface area contributed by atoms with Crippen LogP contribution >= 0.6 is 0 Å². The van der Waals surface area contributed by atoms with Gasteiger partial charge < -0.3 is 10.6 Å². The molecule has 0 aliphatic rings. The van der Waals surface area contributed by atoms with Crippen molar-refractivity contribution in [1.82, 2.24) is 10.2 Å². The molecule has 27 heavy (non-hydrogen) atoms. The molecule has 0 aromatic heterocycles. The van der Waals surface area contributed by atoms with Gasteiger partial charge in [0.25, 0.3) is 11.6 Å². The molecule has 144 valence electrons. The lowest BCUT2D eigenvalue weighted by atomic mass is 10.1. The summed E-state index contributed by atoms with van der Waals surface area (Å²) in [6.07, 6.45) is 0. The Morgan fingerprint density at radius 2 is 1.70 bits per heavy atom. The molecule has 0 spiro atoms. The second kappa shape index (κ2) is 10.3. The van der Waals surface area contributed by atoms with E-state index >= 15 is 0 Å². The maximum Gasteiger partial charge on any atom is 0.292 e. The van der Waals surface area contributed by atoms with E-state index in [0.717, 1.165) is 19.6 Å². The first-order valence-electron chi connectivity index (χ1n) is 9.12. The van der Waals surface area contributed by atoms with Crippen molar-refractivity contribution < 1.29 is 9.72 Å². The third kappa shape index (κ3) is 6.07. The number of rotatable bonds is 10. The van der Waals surface area contributed by atoms with E-state index in [1.54, 1.807) is 18.2 Å². The summed E-state index contributed by atoms with van der Waals surface area (Å²) >= 11 is 0. The quantitative estimate of drug-likeness (QED) is 0.381. The van der Waals surface area contributed by atoms with Crippen LogP contribution < -0.4 is 10.6 Å². The number of amides is 1. The normalized spacial score (nSPS) is 10.6. The fraction of sp³-hybridized carbons (Fsp3) is 0.350. The Morgan fingerprint density at radius 1 is 1.04 bits per heavy atom. The van der Waals surface area contributed by atoms with Crippen LogP contribution in [0.25, 0.3) is 0 Å². The van der Waals surface area contributed by atoms with Crippen molar-refractivity contribution in [2.45, 2.75) is 20.4 Å². The second-order valence-corrected chi connectivity index (χ2v) is 6.12. The zero-order valence-corrected chi connectivity index (χ0v) is 15.8. The van der Waals surface area contributed by atoms with Crippen LogP contribution in [-0.2, 0) is 6.54 Å². The molecule has 7 heteroatoms. The molecule has 0 saturated carbocycles. The van der Waals surface area contributed by atoms with Crippen molar-refractivity contribution in [1.29, 1.82) is 0 Å². The summed E-state index contributed by atoms with van der Waals surface area (Å²) in [6.45, 7) is 7.88. The first kappa shape index (κ1) is 20.4. The van der Waals surface area contributed by atoms with Crippen molar-refractivity contribution in [3.05, 3.63) is 69.8 Å². The van der Waals surface area contributed by atoms with E-state index in [0.29, 0.717) is 24.3 Å². The van der Waals surface area contributed by atoms with Crippen LogP contribution in [0, 0.1) is 10.1 Å². The van der Waals surface area contributed by atoms with Crippen molar-refractivity contribution in [2.75, 3.05) is 31.5 Å². The molecule has 0 aliphatic carbocycles. The smallest absolute Gasteiger partial charge is 0.292 e. The molecule has 0 aliphatic heterocycles. The van der Waals surface area contributed by atoms with E-state index in [-0.39, 0.29) is 11.6 Å². The molecule has 0 unspecified atom stereocenters. The largest absolute Gasteiger partial charge is 0.378 e. The lowest BCUT2D eigenvalue weighted by Gasteiger charge is -2.18. The van der Waals surface area contributed by atoms with Gasteiger partial charge in [-0.3, -0.25) is 19.8 Å². The van der Waals surface area contributed by atoms with E-state index in [4.69, 9.17) is 0 Å². The predicted molar refractivity (Wildman–Crippen MR) is 107 cm³/mol. The molecule has 0 fully saturated rings. The van der Waals surface area contributed by atoms with E-state index in [2.05, 4.69) is 29.4 Å². The Labute approximate surface area is 159 Å². The maximum absolute atomic E-state index is 12.2. The number of hydrogen-bond acceptors (Lipinski definition) is 5. The topological polar surface area (TPSA) is 87.5 Å². The molecule has 1 amide bonds. The zero-order valence-electron chi connectivity index (χ0n) is 15.8. The number of nitrogens with zero attached hydrogens (tertiary/aromatic N) is 2. The first-order chi connectivity index (χ1) is 13.0. The van der Waals surface area contributed by atoms with E-state index in [1.807, 2.05) is 24.3 Å². The fourth-order valence-corrected chi connectivity index (χ4v) is 2.72. The molecule has 0 atom stereocenters. The van der Waals surface area contributed by atoms with Crippen molar-refractivity contribution in [2.24, 2.45) is 0 Å². The molecular formula is C20H26N4O3. The van der Waals surface area contributed by atoms with Crippen LogP contribution in [0.15, 0.2) is 48.5 Å². The van der Waals surface area contributed by atoms with Crippen LogP contribution in [0.1, 0.15) is 29.8 Å². The van der Waals surface area contributed by atoms with Crippen LogP contribution in [0.4, 0.5) is 11.4 Å². The third-order valence-electron chi connectivity index (χ3n) is 4.34. The van der Waals surface area contributed by atoms with E-state index in [9.17, 15) is 14.9 Å². The van der Waals surface area contributed by atoms with Crippen molar-refractivity contribution >= 4 is 17.3 Å². The second-order valence-electron chi connectivity index (χ2n) is 6.12. The van der Waals surface area contributed by atoms with E-state index < -0.39 is 4.92 Å². The van der Waals surface area contributed by atoms with Gasteiger partial charge in [-0.1, -0.05) is 38.1 Å². The molecule has 0 heterocycles. The Morgan fingerprint density at radius 3 is 2.33 bits per heavy atom. The Bertz CT molecular complexity index is 758. The lowest BCUT2D eigenvalue weighted by molar-refractivity contribution is -0.384. The van der Waals surface area contributed by atoms with Gasteiger partial charge in [-0.25, -0.2) is 0 Å². The molecule has 0 saturated heterocycles. The molecular weight excluding hydrogens is 344 g/mol. The molecule has 7 nitrogen and oxygen atoms in total. The summed E-state index contributed by atoms with van der Waals surface area (Å²) < 4.78 is 0. The van der Waals surface area contributed by atoms with Gasteiger partial charge in [-0.05, 0) is 36.9 Å². The number of benzene rings is 2. The van der Waals surface area contributed by atoms with Crippen molar-refractivity contribution in [3.63, 3.8) is 0 Å². The van der Waals surface area contributed by atoms with Crippen LogP contribution in [0.2, 0.25) is 0 Å². The predicted octanol–water partition coefficient (Wildman–Crippen LogP) is 3.28. The van der Waals surface area contributed by atoms with Crippen LogP contribution in [0.5, 0.6) is 0 Å². The van der Waals surface area contributed by atoms with Crippen LogP contribution in [-0.4, -0.2) is 41.9 Å². The number of carbonyl (C=O) groups excluding carboxylic acids is 1. The van der Waals surface area contributed by atoms with Gasteiger partial charge in [0.1, 0.15) is 5.69 Å². The molecule has 2 aromatic carbocycles. The monoisotopic (exact) mass is 370 g/mol. The van der Waals surface area contributed by atoms with Gasteiger partial charge in [-0.2, -0.15) is 0 Å². The third-order valence-corrected chi connectivity index (χ3v) is 4.34. The summed E-state index contributed by atoms with van der Waals surface area (Å²) in [5.41, 5.74) is 2.24. The van der Waals surface area contributed by atoms with Gasteiger partial charge >= 0.3 is 0 Å². The number of para-hydroxylation sites is 2. The zero-order chi connectivity index (χ0) is 19.6. The minimum Gasteiger partial charge on any atom is -0.378 e. The SMILES string of the molecule is CCN(CC)Cc1ccc(C(=O)NCCNc2ccccc2[N+](=O)[O-])cc1. The summed E-state index contributed by atoms with van der Waals surface area (Å²) in [7, 11) is 0. The van der Waals surface area contributed by atoms with Gasteiger partial charge in [-0.15, -0.1) is 0 Å². The molecule has 2 N–H and O–H groups in total. The number of nitro benzene ring substituents is 1. The van der Waals surface area contributed by atoms with Gasteiger partial charge in [0, 0.05) is 31.3 Å². The van der Waals surface area contributed by atoms with E-state index in [1.165, 1.54) is 11.6 Å². The molecule has 0 radical (unpaired) electrons. The average molecular weight is 370 g/mol. The summed E-state index contributed by atoms with van der Waals surface area (Å²) in [5.74, 6) is -0.159. The van der Waals surface area contributed by atoms with Crippen LogP contribution in [0.3, 0.4) is 0 Å². The minimum atomic E-state index is -0.430. The van der Waals surface area contributed by atoms with Crippen molar-refractivity contribution in [3.8, 4) is 0 Å². The highest BCUT2D eigenvalue weighted by Gasteiger charge is 2.11. The number of carbonyl (C=O) groups is 1. The van der Waals surface area contributed by atoms with Gasteiger partial charge in [0.05, 0.1) is 4.92 Å². The fourth-order valence-electron chi connectivity index (χ4n) is 2.72. The molecule has 0 bridgehead atoms. The highest BCUT2D eigenvalue weighted by Crippen LogP contribution is 2.22. The lowest BCUT2D eigenvalue weighted by Crippen LogP contribution is -2.29. The maximum atomic E-state index is 12.2. The Balaban J connectivity index is 1.81. The number of anilines is 1. The highest BCUT2D eigenvalue weighted by molar-refractivity contribution is 5.94.